The van der Waals surface area contributed by atoms with Crippen LogP contribution in [-0.2, 0) is 11.3 Å². The lowest BCUT2D eigenvalue weighted by atomic mass is 10.3. The second kappa shape index (κ2) is 5.68. The molecule has 1 aromatic heterocycles. The van der Waals surface area contributed by atoms with Gasteiger partial charge in [0.25, 0.3) is 0 Å². The molecular formula is C12H12BrN3O2. The number of methoxy groups -OCH3 is 1. The van der Waals surface area contributed by atoms with Crippen LogP contribution in [0.25, 0.3) is 0 Å². The number of carbonyl (C=O) groups is 1. The Morgan fingerprint density at radius 3 is 3.06 bits per heavy atom. The number of nitrogens with one attached hydrogen (secondary N) is 1. The minimum atomic E-state index is -0.140. The van der Waals surface area contributed by atoms with Gasteiger partial charge in [-0.3, -0.25) is 9.48 Å². The quantitative estimate of drug-likeness (QED) is 0.942. The van der Waals surface area contributed by atoms with Crippen LogP contribution in [0.3, 0.4) is 0 Å². The SMILES string of the molecule is COc1cccc(NC(=O)Cn2cc(Br)cn2)c1. The van der Waals surface area contributed by atoms with Gasteiger partial charge < -0.3 is 10.1 Å². The first kappa shape index (κ1) is 12.6. The highest BCUT2D eigenvalue weighted by molar-refractivity contribution is 9.10. The summed E-state index contributed by atoms with van der Waals surface area (Å²) >= 11 is 3.28. The van der Waals surface area contributed by atoms with E-state index in [2.05, 4.69) is 26.3 Å². The summed E-state index contributed by atoms with van der Waals surface area (Å²) in [6, 6.07) is 7.20. The number of ether oxygens (including phenoxy) is 1. The molecule has 0 bridgehead atoms. The third-order valence-electron chi connectivity index (χ3n) is 2.26. The van der Waals surface area contributed by atoms with E-state index in [1.165, 1.54) is 0 Å². The molecule has 0 aliphatic rings. The number of rotatable bonds is 4. The molecule has 0 radical (unpaired) electrons. The van der Waals surface area contributed by atoms with Crippen LogP contribution in [-0.4, -0.2) is 22.8 Å². The molecule has 5 nitrogen and oxygen atoms in total. The van der Waals surface area contributed by atoms with E-state index in [1.54, 1.807) is 36.3 Å². The van der Waals surface area contributed by atoms with Crippen molar-refractivity contribution in [3.8, 4) is 5.75 Å². The maximum atomic E-state index is 11.8. The van der Waals surface area contributed by atoms with E-state index >= 15 is 0 Å². The van der Waals surface area contributed by atoms with Crippen molar-refractivity contribution in [2.75, 3.05) is 12.4 Å². The minimum absolute atomic E-state index is 0.140. The van der Waals surface area contributed by atoms with Gasteiger partial charge >= 0.3 is 0 Å². The zero-order valence-electron chi connectivity index (χ0n) is 9.76. The van der Waals surface area contributed by atoms with Crippen molar-refractivity contribution in [3.05, 3.63) is 41.1 Å². The van der Waals surface area contributed by atoms with Gasteiger partial charge in [0.15, 0.2) is 0 Å². The van der Waals surface area contributed by atoms with Gasteiger partial charge in [0.05, 0.1) is 17.8 Å². The average molecular weight is 310 g/mol. The highest BCUT2D eigenvalue weighted by Gasteiger charge is 2.05. The molecule has 0 saturated carbocycles. The standard InChI is InChI=1S/C12H12BrN3O2/c1-18-11-4-2-3-10(5-11)15-12(17)8-16-7-9(13)6-14-16/h2-7H,8H2,1H3,(H,15,17). The summed E-state index contributed by atoms with van der Waals surface area (Å²) in [4.78, 5) is 11.8. The molecule has 1 aromatic carbocycles. The van der Waals surface area contributed by atoms with Crippen molar-refractivity contribution in [3.63, 3.8) is 0 Å². The van der Waals surface area contributed by atoms with Crippen LogP contribution in [0.15, 0.2) is 41.1 Å². The van der Waals surface area contributed by atoms with Gasteiger partial charge in [-0.25, -0.2) is 0 Å². The number of hydrogen-bond donors (Lipinski definition) is 1. The van der Waals surface area contributed by atoms with Crippen molar-refractivity contribution in [2.24, 2.45) is 0 Å². The molecule has 0 aliphatic carbocycles. The minimum Gasteiger partial charge on any atom is -0.497 e. The summed E-state index contributed by atoms with van der Waals surface area (Å²) in [7, 11) is 1.59. The van der Waals surface area contributed by atoms with Gasteiger partial charge in [0.2, 0.25) is 5.91 Å². The first-order valence-electron chi connectivity index (χ1n) is 5.29. The third kappa shape index (κ3) is 3.33. The van der Waals surface area contributed by atoms with Crippen LogP contribution >= 0.6 is 15.9 Å². The van der Waals surface area contributed by atoms with Gasteiger partial charge in [-0.2, -0.15) is 5.10 Å². The Labute approximate surface area is 113 Å². The predicted octanol–water partition coefficient (Wildman–Crippen LogP) is 2.29. The second-order valence-electron chi connectivity index (χ2n) is 3.64. The molecule has 2 rings (SSSR count). The smallest absolute Gasteiger partial charge is 0.246 e. The third-order valence-corrected chi connectivity index (χ3v) is 2.67. The molecule has 94 valence electrons. The number of benzene rings is 1. The highest BCUT2D eigenvalue weighted by atomic mass is 79.9. The van der Waals surface area contributed by atoms with Crippen LogP contribution in [0.4, 0.5) is 5.69 Å². The summed E-state index contributed by atoms with van der Waals surface area (Å²) in [5.74, 6) is 0.563. The fourth-order valence-electron chi connectivity index (χ4n) is 1.47. The van der Waals surface area contributed by atoms with E-state index in [0.717, 1.165) is 4.47 Å². The Hall–Kier alpha value is -1.82. The average Bonchev–Trinajstić information content (AvgIpc) is 2.74. The zero-order chi connectivity index (χ0) is 13.0. The second-order valence-corrected chi connectivity index (χ2v) is 4.55. The highest BCUT2D eigenvalue weighted by Crippen LogP contribution is 2.16. The maximum Gasteiger partial charge on any atom is 0.246 e. The van der Waals surface area contributed by atoms with E-state index in [-0.39, 0.29) is 12.5 Å². The predicted molar refractivity (Wildman–Crippen MR) is 71.6 cm³/mol. The van der Waals surface area contributed by atoms with E-state index in [0.29, 0.717) is 11.4 Å². The fourth-order valence-corrected chi connectivity index (χ4v) is 1.80. The first-order chi connectivity index (χ1) is 8.67. The molecule has 1 amide bonds. The lowest BCUT2D eigenvalue weighted by Crippen LogP contribution is -2.18. The lowest BCUT2D eigenvalue weighted by molar-refractivity contribution is -0.116. The number of amides is 1. The van der Waals surface area contributed by atoms with Crippen molar-refractivity contribution < 1.29 is 9.53 Å². The normalized spacial score (nSPS) is 10.1. The number of nitrogens with zero attached hydrogens (tertiary/aromatic N) is 2. The summed E-state index contributed by atoms with van der Waals surface area (Å²) < 4.78 is 7.48. The van der Waals surface area contributed by atoms with Gasteiger partial charge in [-0.05, 0) is 28.1 Å². The van der Waals surface area contributed by atoms with Gasteiger partial charge in [0.1, 0.15) is 12.3 Å². The zero-order valence-corrected chi connectivity index (χ0v) is 11.3. The molecule has 2 aromatic rings. The van der Waals surface area contributed by atoms with Gasteiger partial charge in [-0.1, -0.05) is 6.07 Å². The Morgan fingerprint density at radius 1 is 1.56 bits per heavy atom. The summed E-state index contributed by atoms with van der Waals surface area (Å²) in [5, 5.41) is 6.79. The molecule has 1 N–H and O–H groups in total. The molecule has 0 aliphatic heterocycles. The van der Waals surface area contributed by atoms with Crippen LogP contribution in [0.2, 0.25) is 0 Å². The number of aromatic nitrogens is 2. The van der Waals surface area contributed by atoms with E-state index in [1.807, 2.05) is 12.1 Å². The Morgan fingerprint density at radius 2 is 2.39 bits per heavy atom. The van der Waals surface area contributed by atoms with Crippen LogP contribution < -0.4 is 10.1 Å². The summed E-state index contributed by atoms with van der Waals surface area (Å²) in [5.41, 5.74) is 0.700. The molecule has 6 heteroatoms. The lowest BCUT2D eigenvalue weighted by Gasteiger charge is -2.06. The van der Waals surface area contributed by atoms with E-state index < -0.39 is 0 Å². The molecule has 0 atom stereocenters. The topological polar surface area (TPSA) is 56.1 Å². The van der Waals surface area contributed by atoms with Crippen LogP contribution in [0, 0.1) is 0 Å². The van der Waals surface area contributed by atoms with Crippen molar-refractivity contribution in [2.45, 2.75) is 6.54 Å². The van der Waals surface area contributed by atoms with Gasteiger partial charge in [0, 0.05) is 18.0 Å². The Balaban J connectivity index is 1.98. The largest absolute Gasteiger partial charge is 0.497 e. The molecular weight excluding hydrogens is 298 g/mol. The molecule has 0 spiro atoms. The van der Waals surface area contributed by atoms with Gasteiger partial charge in [-0.15, -0.1) is 0 Å². The molecule has 18 heavy (non-hydrogen) atoms. The Bertz CT molecular complexity index is 554. The van der Waals surface area contributed by atoms with E-state index in [4.69, 9.17) is 4.74 Å². The molecule has 0 unspecified atom stereocenters. The summed E-state index contributed by atoms with van der Waals surface area (Å²) in [6.45, 7) is 0.169. The van der Waals surface area contributed by atoms with Crippen molar-refractivity contribution >= 4 is 27.5 Å². The van der Waals surface area contributed by atoms with E-state index in [9.17, 15) is 4.79 Å². The summed E-state index contributed by atoms with van der Waals surface area (Å²) in [6.07, 6.45) is 3.38. The fraction of sp³-hybridized carbons (Fsp3) is 0.167. The van der Waals surface area contributed by atoms with Crippen molar-refractivity contribution in [1.29, 1.82) is 0 Å². The maximum absolute atomic E-state index is 11.8. The molecule has 1 heterocycles. The monoisotopic (exact) mass is 309 g/mol. The Kier molecular flexibility index (Phi) is 3.99. The molecule has 0 fully saturated rings. The van der Waals surface area contributed by atoms with Crippen LogP contribution in [0.1, 0.15) is 0 Å². The van der Waals surface area contributed by atoms with Crippen molar-refractivity contribution in [1.82, 2.24) is 9.78 Å². The number of anilines is 1. The first-order valence-corrected chi connectivity index (χ1v) is 6.08. The number of carbonyl (C=O) groups excluding carboxylic acids is 1. The number of hydrogen-bond acceptors (Lipinski definition) is 3. The molecule has 0 saturated heterocycles. The van der Waals surface area contributed by atoms with Crippen LogP contribution in [0.5, 0.6) is 5.75 Å². The number of halogens is 1.